The van der Waals surface area contributed by atoms with Gasteiger partial charge in [-0.2, -0.15) is 0 Å². The molecule has 0 bridgehead atoms. The molecular weight excluding hydrogens is 384 g/mol. The Morgan fingerprint density at radius 2 is 1.77 bits per heavy atom. The third kappa shape index (κ3) is 5.15. The van der Waals surface area contributed by atoms with E-state index in [1.165, 1.54) is 27.6 Å². The van der Waals surface area contributed by atoms with Gasteiger partial charge in [0.2, 0.25) is 5.91 Å². The number of nitrogens with zero attached hydrogens (tertiary/aromatic N) is 1. The monoisotopic (exact) mass is 412 g/mol. The number of aryl methyl sites for hydroxylation is 2. The summed E-state index contributed by atoms with van der Waals surface area (Å²) >= 11 is 0. The first kappa shape index (κ1) is 20.7. The van der Waals surface area contributed by atoms with Crippen LogP contribution in [0, 0.1) is 6.92 Å². The average Bonchev–Trinajstić information content (AvgIpc) is 3.15. The van der Waals surface area contributed by atoms with Crippen molar-refractivity contribution in [2.24, 2.45) is 0 Å². The summed E-state index contributed by atoms with van der Waals surface area (Å²) in [5.74, 6) is 0.853. The van der Waals surface area contributed by atoms with Crippen LogP contribution in [0.3, 0.4) is 0 Å². The van der Waals surface area contributed by atoms with E-state index in [9.17, 15) is 4.79 Å². The van der Waals surface area contributed by atoms with E-state index in [-0.39, 0.29) is 5.91 Å². The number of para-hydroxylation sites is 1. The van der Waals surface area contributed by atoms with E-state index < -0.39 is 0 Å². The average molecular weight is 413 g/mol. The molecule has 158 valence electrons. The number of carbonyl (C=O) groups is 1. The minimum atomic E-state index is 0.0539. The molecule has 0 saturated heterocycles. The van der Waals surface area contributed by atoms with Crippen molar-refractivity contribution >= 4 is 16.8 Å². The van der Waals surface area contributed by atoms with E-state index in [2.05, 4.69) is 71.5 Å². The predicted molar refractivity (Wildman–Crippen MR) is 125 cm³/mol. The molecule has 0 aliphatic carbocycles. The van der Waals surface area contributed by atoms with Gasteiger partial charge in [0.1, 0.15) is 5.75 Å². The predicted octanol–water partition coefficient (Wildman–Crippen LogP) is 5.26. The number of ether oxygens (including phenoxy) is 1. The van der Waals surface area contributed by atoms with E-state index in [4.69, 9.17) is 4.74 Å². The van der Waals surface area contributed by atoms with Crippen molar-refractivity contribution in [3.05, 3.63) is 101 Å². The zero-order valence-corrected chi connectivity index (χ0v) is 18.1. The Bertz CT molecular complexity index is 1180. The highest BCUT2D eigenvalue weighted by Crippen LogP contribution is 2.24. The Labute approximate surface area is 183 Å². The number of rotatable bonds is 8. The number of fused-ring (bicyclic) bond motifs is 1. The van der Waals surface area contributed by atoms with Gasteiger partial charge in [0.25, 0.3) is 0 Å². The van der Waals surface area contributed by atoms with Crippen LogP contribution in [0.5, 0.6) is 5.75 Å². The molecule has 0 aliphatic rings. The summed E-state index contributed by atoms with van der Waals surface area (Å²) in [7, 11) is 1.65. The molecule has 4 aromatic rings. The molecule has 4 nitrogen and oxygen atoms in total. The van der Waals surface area contributed by atoms with Gasteiger partial charge in [0.05, 0.1) is 7.11 Å². The smallest absolute Gasteiger partial charge is 0.220 e. The first-order valence-electron chi connectivity index (χ1n) is 10.6. The number of hydrogen-bond acceptors (Lipinski definition) is 2. The largest absolute Gasteiger partial charge is 0.497 e. The molecule has 3 aromatic carbocycles. The van der Waals surface area contributed by atoms with Gasteiger partial charge in [-0.05, 0) is 48.2 Å². The summed E-state index contributed by atoms with van der Waals surface area (Å²) in [4.78, 5) is 12.5. The molecular formula is C27H28N2O2. The van der Waals surface area contributed by atoms with Crippen LogP contribution in [-0.2, 0) is 24.3 Å². The number of nitrogens with one attached hydrogen (secondary N) is 1. The van der Waals surface area contributed by atoms with E-state index in [1.54, 1.807) is 7.11 Å². The molecule has 4 heteroatoms. The highest BCUT2D eigenvalue weighted by atomic mass is 16.5. The maximum atomic E-state index is 12.5. The van der Waals surface area contributed by atoms with Gasteiger partial charge >= 0.3 is 0 Å². The summed E-state index contributed by atoms with van der Waals surface area (Å²) < 4.78 is 7.52. The second-order valence-electron chi connectivity index (χ2n) is 7.91. The van der Waals surface area contributed by atoms with Crippen molar-refractivity contribution in [1.82, 2.24) is 9.88 Å². The van der Waals surface area contributed by atoms with Crippen molar-refractivity contribution in [2.75, 3.05) is 7.11 Å². The fourth-order valence-corrected chi connectivity index (χ4v) is 3.86. The zero-order chi connectivity index (χ0) is 21.6. The van der Waals surface area contributed by atoms with Crippen molar-refractivity contribution in [2.45, 2.75) is 32.9 Å². The van der Waals surface area contributed by atoms with E-state index in [0.29, 0.717) is 19.4 Å². The lowest BCUT2D eigenvalue weighted by atomic mass is 10.1. The molecule has 0 atom stereocenters. The summed E-state index contributed by atoms with van der Waals surface area (Å²) in [5.41, 5.74) is 5.98. The van der Waals surface area contributed by atoms with Crippen LogP contribution < -0.4 is 10.1 Å². The molecule has 1 heterocycles. The Balaban J connectivity index is 1.42. The lowest BCUT2D eigenvalue weighted by Crippen LogP contribution is -2.22. The fraction of sp³-hybridized carbons (Fsp3) is 0.222. The number of carbonyl (C=O) groups excluding carboxylic acids is 1. The standard InChI is InChI=1S/C27H28N2O2/c1-20-10-12-21(13-11-20)18-29-19-23(25-8-3-4-9-26(25)29)14-15-27(30)28-17-22-6-5-7-24(16-22)31-2/h3-13,16,19H,14-15,17-18H2,1-2H3,(H,28,30). The molecule has 0 saturated carbocycles. The van der Waals surface area contributed by atoms with E-state index in [1.807, 2.05) is 24.3 Å². The van der Waals surface area contributed by atoms with Gasteiger partial charge in [0, 0.05) is 36.6 Å². The zero-order valence-electron chi connectivity index (χ0n) is 18.1. The Hall–Kier alpha value is -3.53. The summed E-state index contributed by atoms with van der Waals surface area (Å²) in [6.45, 7) is 3.43. The molecule has 0 radical (unpaired) electrons. The summed E-state index contributed by atoms with van der Waals surface area (Å²) in [5, 5.41) is 4.24. The Morgan fingerprint density at radius 3 is 2.58 bits per heavy atom. The Kier molecular flexibility index (Phi) is 6.37. The van der Waals surface area contributed by atoms with Crippen LogP contribution in [0.1, 0.15) is 28.7 Å². The quantitative estimate of drug-likeness (QED) is 0.429. The van der Waals surface area contributed by atoms with Crippen molar-refractivity contribution < 1.29 is 9.53 Å². The van der Waals surface area contributed by atoms with Crippen molar-refractivity contribution in [3.8, 4) is 5.75 Å². The van der Waals surface area contributed by atoms with Gasteiger partial charge in [-0.3, -0.25) is 4.79 Å². The van der Waals surface area contributed by atoms with Crippen molar-refractivity contribution in [1.29, 1.82) is 0 Å². The third-order valence-electron chi connectivity index (χ3n) is 5.59. The van der Waals surface area contributed by atoms with Crippen LogP contribution in [0.2, 0.25) is 0 Å². The topological polar surface area (TPSA) is 43.3 Å². The van der Waals surface area contributed by atoms with Gasteiger partial charge in [-0.1, -0.05) is 60.2 Å². The highest BCUT2D eigenvalue weighted by Gasteiger charge is 2.11. The van der Waals surface area contributed by atoms with Gasteiger partial charge < -0.3 is 14.6 Å². The first-order chi connectivity index (χ1) is 15.1. The molecule has 1 amide bonds. The molecule has 0 spiro atoms. The van der Waals surface area contributed by atoms with Crippen LogP contribution in [0.4, 0.5) is 0 Å². The minimum absolute atomic E-state index is 0.0539. The molecule has 4 rings (SSSR count). The SMILES string of the molecule is COc1cccc(CNC(=O)CCc2cn(Cc3ccc(C)cc3)c3ccccc23)c1. The van der Waals surface area contributed by atoms with E-state index >= 15 is 0 Å². The van der Waals surface area contributed by atoms with Crippen LogP contribution in [0.25, 0.3) is 10.9 Å². The molecule has 0 unspecified atom stereocenters. The highest BCUT2D eigenvalue weighted by molar-refractivity contribution is 5.85. The fourth-order valence-electron chi connectivity index (χ4n) is 3.86. The van der Waals surface area contributed by atoms with Gasteiger partial charge in [-0.15, -0.1) is 0 Å². The third-order valence-corrected chi connectivity index (χ3v) is 5.59. The lowest BCUT2D eigenvalue weighted by molar-refractivity contribution is -0.121. The number of methoxy groups -OCH3 is 1. The van der Waals surface area contributed by atoms with Gasteiger partial charge in [0.15, 0.2) is 0 Å². The molecule has 31 heavy (non-hydrogen) atoms. The number of benzene rings is 3. The number of hydrogen-bond donors (Lipinski definition) is 1. The minimum Gasteiger partial charge on any atom is -0.497 e. The maximum absolute atomic E-state index is 12.5. The number of aromatic nitrogens is 1. The van der Waals surface area contributed by atoms with Gasteiger partial charge in [-0.25, -0.2) is 0 Å². The summed E-state index contributed by atoms with van der Waals surface area (Å²) in [6, 6.07) is 24.8. The van der Waals surface area contributed by atoms with Crippen LogP contribution in [0.15, 0.2) is 79.0 Å². The molecule has 0 aliphatic heterocycles. The van der Waals surface area contributed by atoms with Crippen LogP contribution >= 0.6 is 0 Å². The molecule has 0 fully saturated rings. The maximum Gasteiger partial charge on any atom is 0.220 e. The summed E-state index contributed by atoms with van der Waals surface area (Å²) in [6.07, 6.45) is 3.37. The van der Waals surface area contributed by atoms with E-state index in [0.717, 1.165) is 17.9 Å². The Morgan fingerprint density at radius 1 is 0.968 bits per heavy atom. The molecule has 1 N–H and O–H groups in total. The molecule has 1 aromatic heterocycles. The normalized spacial score (nSPS) is 10.9. The lowest BCUT2D eigenvalue weighted by Gasteiger charge is -2.07. The van der Waals surface area contributed by atoms with Crippen molar-refractivity contribution in [3.63, 3.8) is 0 Å². The second-order valence-corrected chi connectivity index (χ2v) is 7.91. The van der Waals surface area contributed by atoms with Crippen LogP contribution in [-0.4, -0.2) is 17.6 Å². The first-order valence-corrected chi connectivity index (χ1v) is 10.6. The number of amides is 1. The second kappa shape index (κ2) is 9.52.